The highest BCUT2D eigenvalue weighted by atomic mass is 16.6. The minimum atomic E-state index is -0.201. The Kier molecular flexibility index (Phi) is 4.58. The van der Waals surface area contributed by atoms with Gasteiger partial charge in [-0.2, -0.15) is 5.10 Å². The maximum absolute atomic E-state index is 11.9. The Morgan fingerprint density at radius 2 is 2.26 bits per heavy atom. The molecule has 2 heterocycles. The van der Waals surface area contributed by atoms with Gasteiger partial charge in [-0.05, 0) is 33.1 Å². The van der Waals surface area contributed by atoms with Crippen LogP contribution in [0.5, 0.6) is 0 Å². The van der Waals surface area contributed by atoms with E-state index >= 15 is 0 Å². The Hall–Kier alpha value is -1.36. The molecule has 1 aliphatic heterocycles. The van der Waals surface area contributed by atoms with Crippen molar-refractivity contribution in [3.8, 4) is 0 Å². The average molecular weight is 266 g/mol. The third-order valence-electron chi connectivity index (χ3n) is 3.68. The molecule has 0 aliphatic carbocycles. The summed E-state index contributed by atoms with van der Waals surface area (Å²) in [5.41, 5.74) is 2.88. The van der Waals surface area contributed by atoms with Crippen LogP contribution in [0.3, 0.4) is 0 Å². The van der Waals surface area contributed by atoms with Crippen LogP contribution >= 0.6 is 0 Å². The van der Waals surface area contributed by atoms with Crippen molar-refractivity contribution in [1.29, 1.82) is 0 Å². The number of rotatable bonds is 4. The molecule has 1 aromatic rings. The Labute approximate surface area is 113 Å². The maximum atomic E-state index is 11.9. The third kappa shape index (κ3) is 3.56. The molecule has 1 fully saturated rings. The predicted molar refractivity (Wildman–Crippen MR) is 70.9 cm³/mol. The summed E-state index contributed by atoms with van der Waals surface area (Å²) in [4.78, 5) is 11.9. The van der Waals surface area contributed by atoms with Gasteiger partial charge in [-0.1, -0.05) is 0 Å². The molecule has 0 amide bonds. The van der Waals surface area contributed by atoms with Crippen molar-refractivity contribution in [2.45, 2.75) is 45.6 Å². The molecule has 5 nitrogen and oxygen atoms in total. The van der Waals surface area contributed by atoms with Crippen LogP contribution in [-0.4, -0.2) is 35.1 Å². The summed E-state index contributed by atoms with van der Waals surface area (Å²) in [7, 11) is 1.88. The molecular formula is C14H22N2O3. The minimum Gasteiger partial charge on any atom is -0.463 e. The molecule has 0 aromatic carbocycles. The molecule has 2 rings (SSSR count). The second-order valence-corrected chi connectivity index (χ2v) is 5.12. The molecule has 0 N–H and O–H groups in total. The average Bonchev–Trinajstić information content (AvgIpc) is 2.64. The standard InChI is InChI=1S/C14H22N2O3/c1-10-13(11(2)16(3)15-10)8-14(17)19-9-12-6-4-5-7-18-12/h12H,4-9H2,1-3H3. The number of nitrogens with zero attached hydrogens (tertiary/aromatic N) is 2. The summed E-state index contributed by atoms with van der Waals surface area (Å²) in [5, 5.41) is 4.30. The van der Waals surface area contributed by atoms with Crippen molar-refractivity contribution in [3.05, 3.63) is 17.0 Å². The van der Waals surface area contributed by atoms with E-state index in [2.05, 4.69) is 5.10 Å². The highest BCUT2D eigenvalue weighted by Gasteiger charge is 2.18. The first-order valence-corrected chi connectivity index (χ1v) is 6.84. The van der Waals surface area contributed by atoms with E-state index in [9.17, 15) is 4.79 Å². The number of aromatic nitrogens is 2. The zero-order chi connectivity index (χ0) is 13.8. The lowest BCUT2D eigenvalue weighted by Gasteiger charge is -2.22. The minimum absolute atomic E-state index is 0.0776. The zero-order valence-corrected chi connectivity index (χ0v) is 11.9. The second-order valence-electron chi connectivity index (χ2n) is 5.12. The molecular weight excluding hydrogens is 244 g/mol. The summed E-state index contributed by atoms with van der Waals surface area (Å²) < 4.78 is 12.6. The molecule has 19 heavy (non-hydrogen) atoms. The third-order valence-corrected chi connectivity index (χ3v) is 3.68. The van der Waals surface area contributed by atoms with Crippen LogP contribution in [0.2, 0.25) is 0 Å². The van der Waals surface area contributed by atoms with Crippen molar-refractivity contribution in [2.75, 3.05) is 13.2 Å². The van der Waals surface area contributed by atoms with Gasteiger partial charge in [-0.15, -0.1) is 0 Å². The van der Waals surface area contributed by atoms with E-state index in [0.29, 0.717) is 6.61 Å². The smallest absolute Gasteiger partial charge is 0.310 e. The summed E-state index contributed by atoms with van der Waals surface area (Å²) in [6.45, 7) is 5.03. The SMILES string of the molecule is Cc1nn(C)c(C)c1CC(=O)OCC1CCCCO1. The largest absolute Gasteiger partial charge is 0.463 e. The van der Waals surface area contributed by atoms with Crippen LogP contribution in [-0.2, 0) is 27.7 Å². The van der Waals surface area contributed by atoms with Crippen molar-refractivity contribution in [2.24, 2.45) is 7.05 Å². The lowest BCUT2D eigenvalue weighted by atomic mass is 10.1. The molecule has 106 valence electrons. The van der Waals surface area contributed by atoms with Gasteiger partial charge in [0.1, 0.15) is 6.61 Å². The number of aryl methyl sites for hydroxylation is 2. The molecule has 0 bridgehead atoms. The van der Waals surface area contributed by atoms with Gasteiger partial charge in [-0.3, -0.25) is 9.48 Å². The molecule has 1 saturated heterocycles. The highest BCUT2D eigenvalue weighted by Crippen LogP contribution is 2.15. The Morgan fingerprint density at radius 3 is 2.84 bits per heavy atom. The Balaban J connectivity index is 1.83. The highest BCUT2D eigenvalue weighted by molar-refractivity contribution is 5.73. The topological polar surface area (TPSA) is 53.4 Å². The monoisotopic (exact) mass is 266 g/mol. The van der Waals surface area contributed by atoms with E-state index in [-0.39, 0.29) is 18.5 Å². The van der Waals surface area contributed by atoms with Gasteiger partial charge in [0.05, 0.1) is 18.2 Å². The molecule has 0 radical (unpaired) electrons. The van der Waals surface area contributed by atoms with Gasteiger partial charge in [0.25, 0.3) is 0 Å². The van der Waals surface area contributed by atoms with Crippen molar-refractivity contribution < 1.29 is 14.3 Å². The fourth-order valence-electron chi connectivity index (χ4n) is 2.39. The van der Waals surface area contributed by atoms with Crippen LogP contribution in [0.1, 0.15) is 36.2 Å². The molecule has 0 spiro atoms. The normalized spacial score (nSPS) is 19.4. The summed E-state index contributed by atoms with van der Waals surface area (Å²) in [6, 6.07) is 0. The first-order valence-electron chi connectivity index (χ1n) is 6.84. The molecule has 1 atom stereocenters. The number of carbonyl (C=O) groups excluding carboxylic acids is 1. The lowest BCUT2D eigenvalue weighted by molar-refractivity contribution is -0.148. The number of esters is 1. The van der Waals surface area contributed by atoms with Gasteiger partial charge < -0.3 is 9.47 Å². The van der Waals surface area contributed by atoms with Crippen molar-refractivity contribution >= 4 is 5.97 Å². The van der Waals surface area contributed by atoms with E-state index in [1.54, 1.807) is 4.68 Å². The van der Waals surface area contributed by atoms with Gasteiger partial charge >= 0.3 is 5.97 Å². The summed E-state index contributed by atoms with van der Waals surface area (Å²) >= 11 is 0. The number of ether oxygens (including phenoxy) is 2. The summed E-state index contributed by atoms with van der Waals surface area (Å²) in [6.07, 6.45) is 3.62. The van der Waals surface area contributed by atoms with E-state index in [0.717, 1.165) is 42.8 Å². The zero-order valence-electron chi connectivity index (χ0n) is 11.9. The van der Waals surface area contributed by atoms with Gasteiger partial charge in [0.15, 0.2) is 0 Å². The first kappa shape index (κ1) is 14.1. The van der Waals surface area contributed by atoms with E-state index in [1.807, 2.05) is 20.9 Å². The van der Waals surface area contributed by atoms with Crippen molar-refractivity contribution in [1.82, 2.24) is 9.78 Å². The second kappa shape index (κ2) is 6.19. The van der Waals surface area contributed by atoms with Crippen molar-refractivity contribution in [3.63, 3.8) is 0 Å². The number of carbonyl (C=O) groups is 1. The van der Waals surface area contributed by atoms with Gasteiger partial charge in [-0.25, -0.2) is 0 Å². The van der Waals surface area contributed by atoms with Crippen LogP contribution in [0.4, 0.5) is 0 Å². The van der Waals surface area contributed by atoms with E-state index < -0.39 is 0 Å². The van der Waals surface area contributed by atoms with E-state index in [4.69, 9.17) is 9.47 Å². The predicted octanol–water partition coefficient (Wildman–Crippen LogP) is 1.69. The number of hydrogen-bond acceptors (Lipinski definition) is 4. The molecule has 1 aromatic heterocycles. The van der Waals surface area contributed by atoms with E-state index in [1.165, 1.54) is 0 Å². The van der Waals surface area contributed by atoms with Crippen LogP contribution in [0, 0.1) is 13.8 Å². The fourth-order valence-corrected chi connectivity index (χ4v) is 2.39. The van der Waals surface area contributed by atoms with Gasteiger partial charge in [0.2, 0.25) is 0 Å². The lowest BCUT2D eigenvalue weighted by Crippen LogP contribution is -2.26. The quantitative estimate of drug-likeness (QED) is 0.778. The molecule has 5 heteroatoms. The Morgan fingerprint density at radius 1 is 1.47 bits per heavy atom. The first-order chi connectivity index (χ1) is 9.08. The Bertz CT molecular complexity index is 448. The number of hydrogen-bond donors (Lipinski definition) is 0. The fraction of sp³-hybridized carbons (Fsp3) is 0.714. The maximum Gasteiger partial charge on any atom is 0.310 e. The van der Waals surface area contributed by atoms with Crippen LogP contribution in [0.25, 0.3) is 0 Å². The molecule has 1 aliphatic rings. The summed E-state index contributed by atoms with van der Waals surface area (Å²) in [5.74, 6) is -0.201. The van der Waals surface area contributed by atoms with Crippen LogP contribution < -0.4 is 0 Å². The van der Waals surface area contributed by atoms with Gasteiger partial charge in [0, 0.05) is 24.9 Å². The molecule has 0 saturated carbocycles. The molecule has 1 unspecified atom stereocenters. The van der Waals surface area contributed by atoms with Crippen LogP contribution in [0.15, 0.2) is 0 Å².